The van der Waals surface area contributed by atoms with Crippen LogP contribution in [0.5, 0.6) is 0 Å². The van der Waals surface area contributed by atoms with Crippen molar-refractivity contribution >= 4 is 22.3 Å². The maximum atomic E-state index is 11.1. The molecule has 0 saturated carbocycles. The molecule has 2 N–H and O–H groups in total. The van der Waals surface area contributed by atoms with Crippen LogP contribution in [0.4, 0.5) is 11.4 Å². The minimum Gasteiger partial charge on any atom is -0.382 e. The summed E-state index contributed by atoms with van der Waals surface area (Å²) in [6.45, 7) is 2.92. The van der Waals surface area contributed by atoms with Gasteiger partial charge in [0.1, 0.15) is 5.52 Å². The predicted molar refractivity (Wildman–Crippen MR) is 79.5 cm³/mol. The zero-order valence-corrected chi connectivity index (χ0v) is 11.4. The van der Waals surface area contributed by atoms with Gasteiger partial charge in [0.15, 0.2) is 0 Å². The molecule has 2 aromatic rings. The average molecular weight is 288 g/mol. The first-order valence-corrected chi connectivity index (χ1v) is 6.83. The van der Waals surface area contributed by atoms with E-state index in [-0.39, 0.29) is 16.7 Å². The average Bonchev–Trinajstić information content (AvgIpc) is 2.53. The first-order chi connectivity index (χ1) is 10.3. The maximum Gasteiger partial charge on any atom is 0.278 e. The molecular weight excluding hydrogens is 272 g/mol. The Bertz CT molecular complexity index is 656. The van der Waals surface area contributed by atoms with E-state index in [0.717, 1.165) is 18.8 Å². The number of anilines is 1. The number of aromatic nitrogens is 1. The third-order valence-electron chi connectivity index (χ3n) is 3.48. The SMILES string of the molecule is O=[N+]([O-])c1ccc(NCC2COCCN2)c2ncccc12. The van der Waals surface area contributed by atoms with Crippen molar-refractivity contribution in [1.29, 1.82) is 0 Å². The molecule has 7 nitrogen and oxygen atoms in total. The van der Waals surface area contributed by atoms with Crippen molar-refractivity contribution in [2.45, 2.75) is 6.04 Å². The number of rotatable bonds is 4. The Balaban J connectivity index is 1.85. The van der Waals surface area contributed by atoms with Crippen molar-refractivity contribution in [3.05, 3.63) is 40.6 Å². The van der Waals surface area contributed by atoms with Gasteiger partial charge in [-0.3, -0.25) is 15.1 Å². The van der Waals surface area contributed by atoms with Crippen LogP contribution in [0, 0.1) is 10.1 Å². The van der Waals surface area contributed by atoms with Crippen LogP contribution in [0.2, 0.25) is 0 Å². The van der Waals surface area contributed by atoms with Gasteiger partial charge in [0.05, 0.1) is 29.2 Å². The van der Waals surface area contributed by atoms with Gasteiger partial charge in [0, 0.05) is 31.4 Å². The first-order valence-electron chi connectivity index (χ1n) is 6.83. The van der Waals surface area contributed by atoms with Gasteiger partial charge < -0.3 is 15.4 Å². The van der Waals surface area contributed by atoms with Gasteiger partial charge in [-0.1, -0.05) is 0 Å². The second-order valence-corrected chi connectivity index (χ2v) is 4.90. The fourth-order valence-electron chi connectivity index (χ4n) is 2.44. The number of nitrogens with zero attached hydrogens (tertiary/aromatic N) is 2. The molecule has 1 atom stereocenters. The molecule has 1 fully saturated rings. The van der Waals surface area contributed by atoms with E-state index in [2.05, 4.69) is 15.6 Å². The summed E-state index contributed by atoms with van der Waals surface area (Å²) in [7, 11) is 0. The number of hydrogen-bond donors (Lipinski definition) is 2. The number of hydrogen-bond acceptors (Lipinski definition) is 6. The van der Waals surface area contributed by atoms with Crippen molar-refractivity contribution in [2.24, 2.45) is 0 Å². The van der Waals surface area contributed by atoms with Crippen LogP contribution in [0.15, 0.2) is 30.5 Å². The van der Waals surface area contributed by atoms with E-state index in [1.165, 1.54) is 6.07 Å². The van der Waals surface area contributed by atoms with E-state index in [1.54, 1.807) is 24.4 Å². The summed E-state index contributed by atoms with van der Waals surface area (Å²) in [6, 6.07) is 6.87. The lowest BCUT2D eigenvalue weighted by Gasteiger charge is -2.24. The molecule has 0 spiro atoms. The number of fused-ring (bicyclic) bond motifs is 1. The number of pyridine rings is 1. The highest BCUT2D eigenvalue weighted by Gasteiger charge is 2.16. The Kier molecular flexibility index (Phi) is 3.94. The number of non-ortho nitro benzene ring substituents is 1. The van der Waals surface area contributed by atoms with Crippen molar-refractivity contribution in [3.63, 3.8) is 0 Å². The van der Waals surface area contributed by atoms with Crippen LogP contribution < -0.4 is 10.6 Å². The molecule has 1 aliphatic rings. The molecule has 3 rings (SSSR count). The summed E-state index contributed by atoms with van der Waals surface area (Å²) >= 11 is 0. The zero-order valence-electron chi connectivity index (χ0n) is 11.4. The third-order valence-corrected chi connectivity index (χ3v) is 3.48. The lowest BCUT2D eigenvalue weighted by molar-refractivity contribution is -0.383. The van der Waals surface area contributed by atoms with Crippen LogP contribution in [-0.4, -0.2) is 42.3 Å². The van der Waals surface area contributed by atoms with Gasteiger partial charge in [-0.15, -0.1) is 0 Å². The standard InChI is InChI=1S/C14H16N4O3/c19-18(20)13-4-3-12(14-11(13)2-1-5-16-14)17-8-10-9-21-7-6-15-10/h1-5,10,15,17H,6-9H2. The lowest BCUT2D eigenvalue weighted by atomic mass is 10.1. The Morgan fingerprint density at radius 2 is 2.38 bits per heavy atom. The highest BCUT2D eigenvalue weighted by Crippen LogP contribution is 2.29. The van der Waals surface area contributed by atoms with E-state index < -0.39 is 0 Å². The van der Waals surface area contributed by atoms with Gasteiger partial charge in [-0.25, -0.2) is 0 Å². The Morgan fingerprint density at radius 3 is 3.14 bits per heavy atom. The number of nitrogens with one attached hydrogen (secondary N) is 2. The van der Waals surface area contributed by atoms with Gasteiger partial charge >= 0.3 is 0 Å². The fourth-order valence-corrected chi connectivity index (χ4v) is 2.44. The summed E-state index contributed by atoms with van der Waals surface area (Å²) in [5.74, 6) is 0. The quantitative estimate of drug-likeness (QED) is 0.655. The largest absolute Gasteiger partial charge is 0.382 e. The number of nitro benzene ring substituents is 1. The van der Waals surface area contributed by atoms with E-state index in [9.17, 15) is 10.1 Å². The molecule has 1 aromatic carbocycles. The normalized spacial score (nSPS) is 18.6. The molecule has 1 saturated heterocycles. The molecule has 0 bridgehead atoms. The molecule has 1 aromatic heterocycles. The van der Waals surface area contributed by atoms with Crippen molar-refractivity contribution in [2.75, 3.05) is 31.6 Å². The van der Waals surface area contributed by atoms with Crippen LogP contribution in [0.1, 0.15) is 0 Å². The minimum atomic E-state index is -0.385. The third kappa shape index (κ3) is 2.93. The van der Waals surface area contributed by atoms with E-state index in [0.29, 0.717) is 24.1 Å². The van der Waals surface area contributed by atoms with E-state index in [1.807, 2.05) is 0 Å². The molecule has 1 aliphatic heterocycles. The highest BCUT2D eigenvalue weighted by molar-refractivity contribution is 5.96. The van der Waals surface area contributed by atoms with Crippen LogP contribution in [0.3, 0.4) is 0 Å². The summed E-state index contributed by atoms with van der Waals surface area (Å²) < 4.78 is 5.40. The van der Waals surface area contributed by atoms with E-state index in [4.69, 9.17) is 4.74 Å². The second kappa shape index (κ2) is 6.02. The van der Waals surface area contributed by atoms with Crippen LogP contribution in [-0.2, 0) is 4.74 Å². The number of ether oxygens (including phenoxy) is 1. The first kappa shape index (κ1) is 13.7. The summed E-state index contributed by atoms with van der Waals surface area (Å²) in [4.78, 5) is 14.9. The topological polar surface area (TPSA) is 89.3 Å². The Labute approximate surface area is 121 Å². The van der Waals surface area contributed by atoms with Crippen LogP contribution in [0.25, 0.3) is 10.9 Å². The van der Waals surface area contributed by atoms with Gasteiger partial charge in [-0.05, 0) is 18.2 Å². The Hall–Kier alpha value is -2.25. The summed E-state index contributed by atoms with van der Waals surface area (Å²) in [5.41, 5.74) is 1.48. The minimum absolute atomic E-state index is 0.0720. The smallest absolute Gasteiger partial charge is 0.278 e. The molecule has 2 heterocycles. The lowest BCUT2D eigenvalue weighted by Crippen LogP contribution is -2.45. The van der Waals surface area contributed by atoms with Crippen molar-refractivity contribution in [3.8, 4) is 0 Å². The summed E-state index contributed by atoms with van der Waals surface area (Å²) in [5, 5.41) is 18.3. The predicted octanol–water partition coefficient (Wildman–Crippen LogP) is 1.54. The van der Waals surface area contributed by atoms with Crippen molar-refractivity contribution < 1.29 is 9.66 Å². The molecule has 0 aliphatic carbocycles. The maximum absolute atomic E-state index is 11.1. The molecular formula is C14H16N4O3. The van der Waals surface area contributed by atoms with Gasteiger partial charge in [0.25, 0.3) is 5.69 Å². The fraction of sp³-hybridized carbons (Fsp3) is 0.357. The number of nitro groups is 1. The van der Waals surface area contributed by atoms with Gasteiger partial charge in [-0.2, -0.15) is 0 Å². The van der Waals surface area contributed by atoms with E-state index >= 15 is 0 Å². The number of benzene rings is 1. The molecule has 0 radical (unpaired) electrons. The van der Waals surface area contributed by atoms with Crippen molar-refractivity contribution in [1.82, 2.24) is 10.3 Å². The molecule has 0 amide bonds. The number of morpholine rings is 1. The summed E-state index contributed by atoms with van der Waals surface area (Å²) in [6.07, 6.45) is 1.64. The second-order valence-electron chi connectivity index (χ2n) is 4.90. The monoisotopic (exact) mass is 288 g/mol. The van der Waals surface area contributed by atoms with Crippen LogP contribution >= 0.6 is 0 Å². The Morgan fingerprint density at radius 1 is 1.48 bits per heavy atom. The highest BCUT2D eigenvalue weighted by atomic mass is 16.6. The zero-order chi connectivity index (χ0) is 14.7. The molecule has 1 unspecified atom stereocenters. The van der Waals surface area contributed by atoms with Gasteiger partial charge in [0.2, 0.25) is 0 Å². The molecule has 110 valence electrons. The molecule has 7 heteroatoms. The molecule has 21 heavy (non-hydrogen) atoms.